The molecular weight excluding hydrogens is 416 g/mol. The van der Waals surface area contributed by atoms with Crippen LogP contribution in [0.15, 0.2) is 77.7 Å². The van der Waals surface area contributed by atoms with Gasteiger partial charge in [-0.2, -0.15) is 4.72 Å². The lowest BCUT2D eigenvalue weighted by Gasteiger charge is -2.18. The number of sulfonamides is 1. The number of carboxylic acids is 1. The van der Waals surface area contributed by atoms with Gasteiger partial charge < -0.3 is 10.4 Å². The van der Waals surface area contributed by atoms with Crippen LogP contribution in [0.4, 0.5) is 0 Å². The molecule has 3 aromatic carbocycles. The third kappa shape index (κ3) is 6.37. The number of hydrogen-bond donors (Lipinski definition) is 3. The number of benzene rings is 3. The summed E-state index contributed by atoms with van der Waals surface area (Å²) in [6, 6.07) is 20.4. The van der Waals surface area contributed by atoms with E-state index >= 15 is 0 Å². The molecule has 162 valence electrons. The Morgan fingerprint density at radius 2 is 1.58 bits per heavy atom. The summed E-state index contributed by atoms with van der Waals surface area (Å²) in [6.45, 7) is 0.310. The molecule has 0 aliphatic carbocycles. The van der Waals surface area contributed by atoms with Gasteiger partial charge in [-0.05, 0) is 41.3 Å². The molecule has 0 saturated carbocycles. The maximum absolute atomic E-state index is 12.9. The fraction of sp³-hybridized carbons (Fsp3) is 0.217. The zero-order valence-corrected chi connectivity index (χ0v) is 17.6. The highest BCUT2D eigenvalue weighted by molar-refractivity contribution is 7.89. The molecule has 3 N–H and O–H groups in total. The van der Waals surface area contributed by atoms with Crippen molar-refractivity contribution >= 4 is 32.7 Å². The topological polar surface area (TPSA) is 113 Å². The number of amides is 1. The second-order valence-corrected chi connectivity index (χ2v) is 8.86. The van der Waals surface area contributed by atoms with Crippen LogP contribution in [0.3, 0.4) is 0 Å². The SMILES string of the molecule is O=C(O)CC[C@@H](NS(=O)(=O)c1ccc2ccccc2c1)C(=O)NCCc1ccccc1. The summed E-state index contributed by atoms with van der Waals surface area (Å²) in [4.78, 5) is 23.7. The van der Waals surface area contributed by atoms with Crippen molar-refractivity contribution in [3.05, 3.63) is 78.4 Å². The molecule has 8 heteroatoms. The van der Waals surface area contributed by atoms with E-state index in [2.05, 4.69) is 10.0 Å². The number of fused-ring (bicyclic) bond motifs is 1. The van der Waals surface area contributed by atoms with E-state index in [9.17, 15) is 18.0 Å². The number of hydrogen-bond acceptors (Lipinski definition) is 4. The zero-order valence-electron chi connectivity index (χ0n) is 16.8. The molecule has 0 aliphatic heterocycles. The van der Waals surface area contributed by atoms with Gasteiger partial charge in [-0.1, -0.05) is 60.7 Å². The highest BCUT2D eigenvalue weighted by Gasteiger charge is 2.26. The summed E-state index contributed by atoms with van der Waals surface area (Å²) >= 11 is 0. The van der Waals surface area contributed by atoms with Crippen molar-refractivity contribution in [2.24, 2.45) is 0 Å². The second kappa shape index (κ2) is 10.2. The summed E-state index contributed by atoms with van der Waals surface area (Å²) < 4.78 is 28.2. The molecule has 0 spiro atoms. The first kappa shape index (κ1) is 22.5. The number of rotatable bonds is 10. The van der Waals surface area contributed by atoms with Crippen LogP contribution < -0.4 is 10.0 Å². The van der Waals surface area contributed by atoms with E-state index in [0.29, 0.717) is 13.0 Å². The maximum atomic E-state index is 12.9. The van der Waals surface area contributed by atoms with Gasteiger partial charge in [-0.15, -0.1) is 0 Å². The second-order valence-electron chi connectivity index (χ2n) is 7.14. The number of aliphatic carboxylic acids is 1. The van der Waals surface area contributed by atoms with Gasteiger partial charge in [0.05, 0.1) is 4.90 Å². The predicted molar refractivity (Wildman–Crippen MR) is 118 cm³/mol. The largest absolute Gasteiger partial charge is 0.481 e. The number of carbonyl (C=O) groups excluding carboxylic acids is 1. The highest BCUT2D eigenvalue weighted by Crippen LogP contribution is 2.19. The minimum absolute atomic E-state index is 0.0172. The van der Waals surface area contributed by atoms with E-state index in [1.807, 2.05) is 48.5 Å². The zero-order chi connectivity index (χ0) is 22.3. The first-order chi connectivity index (χ1) is 14.8. The lowest BCUT2D eigenvalue weighted by molar-refractivity contribution is -0.137. The number of carbonyl (C=O) groups is 2. The van der Waals surface area contributed by atoms with Gasteiger partial charge in [0.25, 0.3) is 0 Å². The molecular formula is C23H24N2O5S. The van der Waals surface area contributed by atoms with Gasteiger partial charge in [0, 0.05) is 13.0 Å². The Balaban J connectivity index is 1.71. The maximum Gasteiger partial charge on any atom is 0.303 e. The number of carboxylic acid groups (broad SMARTS) is 1. The van der Waals surface area contributed by atoms with Gasteiger partial charge in [0.15, 0.2) is 0 Å². The van der Waals surface area contributed by atoms with Crippen LogP contribution >= 0.6 is 0 Å². The van der Waals surface area contributed by atoms with Crippen molar-refractivity contribution in [2.75, 3.05) is 6.54 Å². The Labute approximate surface area is 181 Å². The van der Waals surface area contributed by atoms with E-state index in [0.717, 1.165) is 16.3 Å². The van der Waals surface area contributed by atoms with Gasteiger partial charge in [0.1, 0.15) is 6.04 Å². The monoisotopic (exact) mass is 440 g/mol. The number of nitrogens with one attached hydrogen (secondary N) is 2. The fourth-order valence-electron chi connectivity index (χ4n) is 3.20. The molecule has 0 unspecified atom stereocenters. The van der Waals surface area contributed by atoms with Crippen LogP contribution in [-0.4, -0.2) is 38.0 Å². The summed E-state index contributed by atoms with van der Waals surface area (Å²) in [5.41, 5.74) is 1.03. The smallest absolute Gasteiger partial charge is 0.303 e. The molecule has 1 amide bonds. The standard InChI is InChI=1S/C23H24N2O5S/c26-22(27)13-12-21(23(28)24-15-14-17-6-2-1-3-7-17)25-31(29,30)20-11-10-18-8-4-5-9-19(18)16-20/h1-11,16,21,25H,12-15H2,(H,24,28)(H,26,27)/t21-/m1/s1. The first-order valence-electron chi connectivity index (χ1n) is 9.90. The van der Waals surface area contributed by atoms with Crippen LogP contribution in [0.2, 0.25) is 0 Å². The van der Waals surface area contributed by atoms with E-state index < -0.39 is 27.9 Å². The van der Waals surface area contributed by atoms with E-state index in [-0.39, 0.29) is 17.7 Å². The van der Waals surface area contributed by atoms with Gasteiger partial charge >= 0.3 is 5.97 Å². The van der Waals surface area contributed by atoms with Crippen molar-refractivity contribution < 1.29 is 23.1 Å². The Hall–Kier alpha value is -3.23. The van der Waals surface area contributed by atoms with E-state index in [1.54, 1.807) is 12.1 Å². The molecule has 7 nitrogen and oxygen atoms in total. The third-order valence-corrected chi connectivity index (χ3v) is 6.32. The van der Waals surface area contributed by atoms with Crippen molar-refractivity contribution in [1.82, 2.24) is 10.0 Å². The molecule has 1 atom stereocenters. The van der Waals surface area contributed by atoms with E-state index in [1.165, 1.54) is 12.1 Å². The average Bonchev–Trinajstić information content (AvgIpc) is 2.76. The first-order valence-corrected chi connectivity index (χ1v) is 11.4. The molecule has 0 heterocycles. The predicted octanol–water partition coefficient (Wildman–Crippen LogP) is 2.71. The molecule has 0 bridgehead atoms. The lowest BCUT2D eigenvalue weighted by atomic mass is 10.1. The molecule has 0 saturated heterocycles. The van der Waals surface area contributed by atoms with E-state index in [4.69, 9.17) is 5.11 Å². The Kier molecular flexibility index (Phi) is 7.38. The van der Waals surface area contributed by atoms with Crippen LogP contribution in [0.1, 0.15) is 18.4 Å². The summed E-state index contributed by atoms with van der Waals surface area (Å²) in [5, 5.41) is 13.3. The summed E-state index contributed by atoms with van der Waals surface area (Å²) in [5.74, 6) is -1.66. The van der Waals surface area contributed by atoms with Crippen LogP contribution in [-0.2, 0) is 26.0 Å². The van der Waals surface area contributed by atoms with Crippen LogP contribution in [0.25, 0.3) is 10.8 Å². The average molecular weight is 441 g/mol. The van der Waals surface area contributed by atoms with Gasteiger partial charge in [0.2, 0.25) is 15.9 Å². The molecule has 31 heavy (non-hydrogen) atoms. The van der Waals surface area contributed by atoms with Crippen molar-refractivity contribution in [1.29, 1.82) is 0 Å². The third-order valence-electron chi connectivity index (χ3n) is 4.85. The minimum Gasteiger partial charge on any atom is -0.481 e. The summed E-state index contributed by atoms with van der Waals surface area (Å²) in [7, 11) is -4.02. The fourth-order valence-corrected chi connectivity index (χ4v) is 4.46. The Bertz CT molecular complexity index is 1160. The minimum atomic E-state index is -4.02. The Morgan fingerprint density at radius 1 is 0.903 bits per heavy atom. The normalized spacial score (nSPS) is 12.4. The van der Waals surface area contributed by atoms with Crippen LogP contribution in [0, 0.1) is 0 Å². The molecule has 0 fully saturated rings. The van der Waals surface area contributed by atoms with Gasteiger partial charge in [-0.25, -0.2) is 8.42 Å². The molecule has 0 aromatic heterocycles. The lowest BCUT2D eigenvalue weighted by Crippen LogP contribution is -2.47. The van der Waals surface area contributed by atoms with Crippen molar-refractivity contribution in [3.63, 3.8) is 0 Å². The molecule has 3 rings (SSSR count). The Morgan fingerprint density at radius 3 is 2.29 bits per heavy atom. The van der Waals surface area contributed by atoms with Gasteiger partial charge in [-0.3, -0.25) is 9.59 Å². The summed E-state index contributed by atoms with van der Waals surface area (Å²) in [6.07, 6.45) is 0.0893. The highest BCUT2D eigenvalue weighted by atomic mass is 32.2. The molecule has 0 aliphatic rings. The molecule has 0 radical (unpaired) electrons. The van der Waals surface area contributed by atoms with Crippen molar-refractivity contribution in [3.8, 4) is 0 Å². The quantitative estimate of drug-likeness (QED) is 0.449. The molecule has 3 aromatic rings. The van der Waals surface area contributed by atoms with Crippen LogP contribution in [0.5, 0.6) is 0 Å². The van der Waals surface area contributed by atoms with Crippen molar-refractivity contribution in [2.45, 2.75) is 30.2 Å².